The van der Waals surface area contributed by atoms with Gasteiger partial charge in [0, 0.05) is 23.8 Å². The maximum atomic E-state index is 12.1. The molecule has 0 radical (unpaired) electrons. The molecular formula is C22H24N2O5. The SMILES string of the molecule is CCCCCCCCOC(=O)/C(C#N)=C/c1ccc(-c2cccc([N+](=O)[O-])c2)o1. The molecule has 7 heteroatoms. The third-order valence-electron chi connectivity index (χ3n) is 4.33. The number of non-ortho nitro benzene ring substituents is 1. The highest BCUT2D eigenvalue weighted by molar-refractivity contribution is 5.97. The van der Waals surface area contributed by atoms with Crippen LogP contribution in [0.4, 0.5) is 5.69 Å². The molecular weight excluding hydrogens is 372 g/mol. The molecule has 7 nitrogen and oxygen atoms in total. The number of hydrogen-bond acceptors (Lipinski definition) is 6. The molecule has 0 aliphatic carbocycles. The van der Waals surface area contributed by atoms with Gasteiger partial charge in [-0.05, 0) is 18.6 Å². The van der Waals surface area contributed by atoms with Gasteiger partial charge in [0.1, 0.15) is 23.2 Å². The van der Waals surface area contributed by atoms with E-state index in [1.165, 1.54) is 37.5 Å². The standard InChI is InChI=1S/C22H24N2O5/c1-2-3-4-5-6-7-13-28-22(25)18(16-23)15-20-11-12-21(29-20)17-9-8-10-19(14-17)24(26)27/h8-12,14-15H,2-7,13H2,1H3/b18-15+. The molecule has 0 spiro atoms. The quantitative estimate of drug-likeness (QED) is 0.121. The van der Waals surface area contributed by atoms with Crippen LogP contribution in [0, 0.1) is 21.4 Å². The van der Waals surface area contributed by atoms with Crippen LogP contribution >= 0.6 is 0 Å². The van der Waals surface area contributed by atoms with E-state index < -0.39 is 10.9 Å². The van der Waals surface area contributed by atoms with Crippen molar-refractivity contribution in [1.29, 1.82) is 5.26 Å². The number of carbonyl (C=O) groups excluding carboxylic acids is 1. The zero-order chi connectivity index (χ0) is 21.1. The van der Waals surface area contributed by atoms with Gasteiger partial charge in [0.15, 0.2) is 0 Å². The molecule has 1 aromatic heterocycles. The average molecular weight is 396 g/mol. The summed E-state index contributed by atoms with van der Waals surface area (Å²) in [6.45, 7) is 2.43. The van der Waals surface area contributed by atoms with Crippen molar-refractivity contribution in [3.8, 4) is 17.4 Å². The molecule has 0 aliphatic rings. The van der Waals surface area contributed by atoms with Gasteiger partial charge in [-0.2, -0.15) is 5.26 Å². The molecule has 0 saturated carbocycles. The Morgan fingerprint density at radius 1 is 1.21 bits per heavy atom. The monoisotopic (exact) mass is 396 g/mol. The predicted molar refractivity (Wildman–Crippen MR) is 109 cm³/mol. The lowest BCUT2D eigenvalue weighted by Gasteiger charge is -2.03. The summed E-state index contributed by atoms with van der Waals surface area (Å²) in [4.78, 5) is 22.5. The first kappa shape index (κ1) is 21.9. The van der Waals surface area contributed by atoms with Crippen LogP contribution in [0.1, 0.15) is 51.2 Å². The van der Waals surface area contributed by atoms with E-state index in [0.29, 0.717) is 17.1 Å². The molecule has 0 saturated heterocycles. The summed E-state index contributed by atoms with van der Waals surface area (Å²) >= 11 is 0. The highest BCUT2D eigenvalue weighted by Crippen LogP contribution is 2.26. The Kier molecular flexibility index (Phi) is 8.64. The summed E-state index contributed by atoms with van der Waals surface area (Å²) in [5.74, 6) is 0.00613. The smallest absolute Gasteiger partial charge is 0.349 e. The highest BCUT2D eigenvalue weighted by Gasteiger charge is 2.13. The predicted octanol–water partition coefficient (Wildman–Crippen LogP) is 5.67. The summed E-state index contributed by atoms with van der Waals surface area (Å²) in [6, 6.07) is 11.1. The largest absolute Gasteiger partial charge is 0.462 e. The van der Waals surface area contributed by atoms with Crippen LogP contribution in [0.5, 0.6) is 0 Å². The Balaban J connectivity index is 1.96. The highest BCUT2D eigenvalue weighted by atomic mass is 16.6. The molecule has 0 atom stereocenters. The number of nitriles is 1. The van der Waals surface area contributed by atoms with Crippen molar-refractivity contribution in [2.24, 2.45) is 0 Å². The van der Waals surface area contributed by atoms with Crippen molar-refractivity contribution >= 4 is 17.7 Å². The van der Waals surface area contributed by atoms with Gasteiger partial charge in [0.25, 0.3) is 5.69 Å². The number of nitro groups is 1. The van der Waals surface area contributed by atoms with E-state index in [0.717, 1.165) is 19.3 Å². The number of rotatable bonds is 11. The van der Waals surface area contributed by atoms with Gasteiger partial charge in [-0.1, -0.05) is 51.2 Å². The third kappa shape index (κ3) is 6.92. The Labute approximate surface area is 169 Å². The molecule has 2 rings (SSSR count). The average Bonchev–Trinajstić information content (AvgIpc) is 3.20. The van der Waals surface area contributed by atoms with Crippen molar-refractivity contribution in [2.45, 2.75) is 45.4 Å². The first-order valence-electron chi connectivity index (χ1n) is 9.68. The topological polar surface area (TPSA) is 106 Å². The van der Waals surface area contributed by atoms with E-state index >= 15 is 0 Å². The van der Waals surface area contributed by atoms with E-state index in [9.17, 15) is 20.2 Å². The number of furan rings is 1. The molecule has 0 bridgehead atoms. The minimum absolute atomic E-state index is 0.0491. The first-order valence-corrected chi connectivity index (χ1v) is 9.68. The number of benzene rings is 1. The van der Waals surface area contributed by atoms with Gasteiger partial charge in [-0.3, -0.25) is 10.1 Å². The van der Waals surface area contributed by atoms with Crippen molar-refractivity contribution in [1.82, 2.24) is 0 Å². The zero-order valence-electron chi connectivity index (χ0n) is 16.4. The van der Waals surface area contributed by atoms with Crippen LogP contribution < -0.4 is 0 Å². The number of ether oxygens (including phenoxy) is 1. The normalized spacial score (nSPS) is 11.1. The molecule has 0 unspecified atom stereocenters. The number of hydrogen-bond donors (Lipinski definition) is 0. The summed E-state index contributed by atoms with van der Waals surface area (Å²) in [6.07, 6.45) is 7.75. The Hall–Kier alpha value is -3.40. The molecule has 0 amide bonds. The number of unbranched alkanes of at least 4 members (excludes halogenated alkanes) is 5. The number of nitro benzene ring substituents is 1. The van der Waals surface area contributed by atoms with E-state index in [1.54, 1.807) is 24.3 Å². The van der Waals surface area contributed by atoms with Gasteiger partial charge in [0.05, 0.1) is 11.5 Å². The Morgan fingerprint density at radius 3 is 2.69 bits per heavy atom. The lowest BCUT2D eigenvalue weighted by molar-refractivity contribution is -0.384. The van der Waals surface area contributed by atoms with Crippen LogP contribution in [0.15, 0.2) is 46.4 Å². The fourth-order valence-corrected chi connectivity index (χ4v) is 2.76. The van der Waals surface area contributed by atoms with Crippen molar-refractivity contribution in [3.63, 3.8) is 0 Å². The second-order valence-electron chi connectivity index (χ2n) is 6.58. The molecule has 0 fully saturated rings. The van der Waals surface area contributed by atoms with Gasteiger partial charge in [-0.25, -0.2) is 4.79 Å². The summed E-state index contributed by atoms with van der Waals surface area (Å²) < 4.78 is 10.8. The molecule has 29 heavy (non-hydrogen) atoms. The molecule has 1 aromatic carbocycles. The second-order valence-corrected chi connectivity index (χ2v) is 6.58. The summed E-state index contributed by atoms with van der Waals surface area (Å²) in [7, 11) is 0. The van der Waals surface area contributed by atoms with Crippen LogP contribution in [0.25, 0.3) is 17.4 Å². The van der Waals surface area contributed by atoms with Crippen molar-refractivity contribution in [2.75, 3.05) is 6.61 Å². The lowest BCUT2D eigenvalue weighted by Crippen LogP contribution is -2.07. The van der Waals surface area contributed by atoms with Crippen LogP contribution in [-0.4, -0.2) is 17.5 Å². The fourth-order valence-electron chi connectivity index (χ4n) is 2.76. The minimum atomic E-state index is -0.686. The molecule has 152 valence electrons. The van der Waals surface area contributed by atoms with Crippen molar-refractivity contribution in [3.05, 3.63) is 57.8 Å². The lowest BCUT2D eigenvalue weighted by atomic mass is 10.1. The number of esters is 1. The minimum Gasteiger partial charge on any atom is -0.462 e. The van der Waals surface area contributed by atoms with E-state index in [-0.39, 0.29) is 17.9 Å². The van der Waals surface area contributed by atoms with E-state index in [4.69, 9.17) is 9.15 Å². The summed E-state index contributed by atoms with van der Waals surface area (Å²) in [5, 5.41) is 20.1. The fraction of sp³-hybridized carbons (Fsp3) is 0.364. The molecule has 0 N–H and O–H groups in total. The van der Waals surface area contributed by atoms with Crippen LogP contribution in [-0.2, 0) is 9.53 Å². The zero-order valence-corrected chi connectivity index (χ0v) is 16.4. The van der Waals surface area contributed by atoms with Gasteiger partial charge < -0.3 is 9.15 Å². The number of nitrogens with zero attached hydrogens (tertiary/aromatic N) is 2. The van der Waals surface area contributed by atoms with Crippen LogP contribution in [0.3, 0.4) is 0 Å². The number of carbonyl (C=O) groups is 1. The Bertz CT molecular complexity index is 908. The molecule has 1 heterocycles. The van der Waals surface area contributed by atoms with E-state index in [2.05, 4.69) is 6.92 Å². The molecule has 2 aromatic rings. The van der Waals surface area contributed by atoms with E-state index in [1.807, 2.05) is 6.07 Å². The maximum absolute atomic E-state index is 12.1. The van der Waals surface area contributed by atoms with Crippen molar-refractivity contribution < 1.29 is 18.9 Å². The van der Waals surface area contributed by atoms with Crippen LogP contribution in [0.2, 0.25) is 0 Å². The first-order chi connectivity index (χ1) is 14.0. The Morgan fingerprint density at radius 2 is 1.97 bits per heavy atom. The van der Waals surface area contributed by atoms with Gasteiger partial charge in [0.2, 0.25) is 0 Å². The van der Waals surface area contributed by atoms with Gasteiger partial charge in [-0.15, -0.1) is 0 Å². The maximum Gasteiger partial charge on any atom is 0.349 e. The molecule has 0 aliphatic heterocycles. The van der Waals surface area contributed by atoms with Gasteiger partial charge >= 0.3 is 5.97 Å². The summed E-state index contributed by atoms with van der Waals surface area (Å²) in [5.41, 5.74) is 0.325. The third-order valence-corrected chi connectivity index (χ3v) is 4.33. The second kappa shape index (κ2) is 11.4.